The SMILES string of the molecule is Clc1ccccc1NC1CSc2ccccc21. The first kappa shape index (κ1) is 11.0. The average Bonchev–Trinajstić information content (AvgIpc) is 2.76. The van der Waals surface area contributed by atoms with E-state index < -0.39 is 0 Å². The number of hydrogen-bond acceptors (Lipinski definition) is 2. The molecule has 0 amide bonds. The van der Waals surface area contributed by atoms with Gasteiger partial charge in [0.2, 0.25) is 0 Å². The van der Waals surface area contributed by atoms with Crippen LogP contribution in [0, 0.1) is 0 Å². The van der Waals surface area contributed by atoms with E-state index in [1.165, 1.54) is 10.5 Å². The summed E-state index contributed by atoms with van der Waals surface area (Å²) in [5.74, 6) is 1.06. The van der Waals surface area contributed by atoms with E-state index in [4.69, 9.17) is 11.6 Å². The van der Waals surface area contributed by atoms with E-state index in [0.717, 1.165) is 16.5 Å². The van der Waals surface area contributed by atoms with E-state index in [1.807, 2.05) is 36.0 Å². The molecule has 2 aromatic carbocycles. The summed E-state index contributed by atoms with van der Waals surface area (Å²) in [6, 6.07) is 16.8. The van der Waals surface area contributed by atoms with Gasteiger partial charge in [-0.05, 0) is 23.8 Å². The molecule has 0 aromatic heterocycles. The molecule has 17 heavy (non-hydrogen) atoms. The molecular weight excluding hydrogens is 250 g/mol. The van der Waals surface area contributed by atoms with E-state index in [2.05, 4.69) is 29.6 Å². The van der Waals surface area contributed by atoms with Crippen LogP contribution in [0.15, 0.2) is 53.4 Å². The predicted molar refractivity (Wildman–Crippen MR) is 75.0 cm³/mol. The summed E-state index contributed by atoms with van der Waals surface area (Å²) in [5, 5.41) is 4.29. The van der Waals surface area contributed by atoms with Gasteiger partial charge in [-0.2, -0.15) is 0 Å². The summed E-state index contributed by atoms with van der Waals surface area (Å²) < 4.78 is 0. The highest BCUT2D eigenvalue weighted by Gasteiger charge is 2.22. The van der Waals surface area contributed by atoms with Crippen LogP contribution < -0.4 is 5.32 Å². The maximum absolute atomic E-state index is 6.16. The Hall–Kier alpha value is -1.12. The lowest BCUT2D eigenvalue weighted by Crippen LogP contribution is -2.09. The third-order valence-electron chi connectivity index (χ3n) is 2.90. The molecule has 0 aliphatic carbocycles. The fraction of sp³-hybridized carbons (Fsp3) is 0.143. The van der Waals surface area contributed by atoms with Crippen molar-refractivity contribution in [2.75, 3.05) is 11.1 Å². The molecule has 0 saturated carbocycles. The van der Waals surface area contributed by atoms with Crippen LogP contribution in [0.1, 0.15) is 11.6 Å². The zero-order valence-corrected chi connectivity index (χ0v) is 10.8. The molecular formula is C14H12ClNS. The second-order valence-electron chi connectivity index (χ2n) is 4.03. The number of thioether (sulfide) groups is 1. The van der Waals surface area contributed by atoms with E-state index in [9.17, 15) is 0 Å². The first-order valence-corrected chi connectivity index (χ1v) is 6.94. The highest BCUT2D eigenvalue weighted by molar-refractivity contribution is 7.99. The Morgan fingerprint density at radius 2 is 1.82 bits per heavy atom. The Morgan fingerprint density at radius 1 is 1.06 bits per heavy atom. The third-order valence-corrected chi connectivity index (χ3v) is 4.42. The average molecular weight is 262 g/mol. The van der Waals surface area contributed by atoms with Crippen molar-refractivity contribution in [2.24, 2.45) is 0 Å². The summed E-state index contributed by atoms with van der Waals surface area (Å²) in [7, 11) is 0. The topological polar surface area (TPSA) is 12.0 Å². The highest BCUT2D eigenvalue weighted by Crippen LogP contribution is 2.40. The molecule has 0 radical (unpaired) electrons. The molecule has 0 saturated heterocycles. The lowest BCUT2D eigenvalue weighted by Gasteiger charge is -2.15. The Morgan fingerprint density at radius 3 is 2.71 bits per heavy atom. The van der Waals surface area contributed by atoms with E-state index >= 15 is 0 Å². The van der Waals surface area contributed by atoms with Gasteiger partial charge < -0.3 is 5.32 Å². The first-order chi connectivity index (χ1) is 8.34. The normalized spacial score (nSPS) is 17.8. The number of halogens is 1. The van der Waals surface area contributed by atoms with Crippen LogP contribution in [0.5, 0.6) is 0 Å². The van der Waals surface area contributed by atoms with Gasteiger partial charge in [-0.3, -0.25) is 0 Å². The monoisotopic (exact) mass is 261 g/mol. The first-order valence-electron chi connectivity index (χ1n) is 5.57. The van der Waals surface area contributed by atoms with E-state index in [0.29, 0.717) is 6.04 Å². The van der Waals surface area contributed by atoms with Gasteiger partial charge in [-0.15, -0.1) is 11.8 Å². The van der Waals surface area contributed by atoms with Gasteiger partial charge in [0.05, 0.1) is 16.8 Å². The molecule has 0 bridgehead atoms. The number of fused-ring (bicyclic) bond motifs is 1. The van der Waals surface area contributed by atoms with Crippen LogP contribution in [0.2, 0.25) is 5.02 Å². The molecule has 1 nitrogen and oxygen atoms in total. The molecule has 1 atom stereocenters. The summed E-state index contributed by atoms with van der Waals surface area (Å²) in [5.41, 5.74) is 2.38. The minimum Gasteiger partial charge on any atom is -0.376 e. The quantitative estimate of drug-likeness (QED) is 0.848. The van der Waals surface area contributed by atoms with Gasteiger partial charge in [0, 0.05) is 10.6 Å². The molecule has 1 N–H and O–H groups in total. The molecule has 1 unspecified atom stereocenters. The molecule has 2 aromatic rings. The van der Waals surface area contributed by atoms with Gasteiger partial charge in [0.1, 0.15) is 0 Å². The predicted octanol–water partition coefficient (Wildman–Crippen LogP) is 4.60. The molecule has 3 heteroatoms. The molecule has 1 aliphatic heterocycles. The van der Waals surface area contributed by atoms with E-state index in [-0.39, 0.29) is 0 Å². The van der Waals surface area contributed by atoms with Crippen molar-refractivity contribution in [2.45, 2.75) is 10.9 Å². The lowest BCUT2D eigenvalue weighted by molar-refractivity contribution is 0.900. The van der Waals surface area contributed by atoms with Crippen LogP contribution in [-0.2, 0) is 0 Å². The number of rotatable bonds is 2. The molecule has 1 aliphatic rings. The summed E-state index contributed by atoms with van der Waals surface area (Å²) in [6.07, 6.45) is 0. The largest absolute Gasteiger partial charge is 0.376 e. The number of benzene rings is 2. The van der Waals surface area contributed by atoms with Crippen LogP contribution >= 0.6 is 23.4 Å². The standard InChI is InChI=1S/C14H12ClNS/c15-11-6-2-3-7-12(11)16-13-9-17-14-8-4-1-5-10(13)14/h1-8,13,16H,9H2. The van der Waals surface area contributed by atoms with Crippen LogP contribution in [0.4, 0.5) is 5.69 Å². The van der Waals surface area contributed by atoms with Crippen molar-refractivity contribution in [3.05, 3.63) is 59.1 Å². The fourth-order valence-corrected chi connectivity index (χ4v) is 3.40. The lowest BCUT2D eigenvalue weighted by atomic mass is 10.1. The van der Waals surface area contributed by atoms with Crippen molar-refractivity contribution in [1.29, 1.82) is 0 Å². The Labute approximate surface area is 110 Å². The van der Waals surface area contributed by atoms with Gasteiger partial charge in [-0.25, -0.2) is 0 Å². The number of anilines is 1. The van der Waals surface area contributed by atoms with Crippen LogP contribution in [0.25, 0.3) is 0 Å². The molecule has 86 valence electrons. The highest BCUT2D eigenvalue weighted by atomic mass is 35.5. The third kappa shape index (κ3) is 2.15. The summed E-state index contributed by atoms with van der Waals surface area (Å²) in [6.45, 7) is 0. The zero-order chi connectivity index (χ0) is 11.7. The van der Waals surface area contributed by atoms with Crippen molar-refractivity contribution < 1.29 is 0 Å². The molecule has 0 fully saturated rings. The van der Waals surface area contributed by atoms with Crippen molar-refractivity contribution in [1.82, 2.24) is 0 Å². The minimum atomic E-state index is 0.357. The van der Waals surface area contributed by atoms with Crippen molar-refractivity contribution in [3.8, 4) is 0 Å². The second kappa shape index (κ2) is 4.63. The van der Waals surface area contributed by atoms with Crippen molar-refractivity contribution >= 4 is 29.1 Å². The smallest absolute Gasteiger partial charge is 0.0637 e. The molecule has 1 heterocycles. The van der Waals surface area contributed by atoms with Crippen molar-refractivity contribution in [3.63, 3.8) is 0 Å². The summed E-state index contributed by atoms with van der Waals surface area (Å²) in [4.78, 5) is 1.37. The molecule has 0 spiro atoms. The van der Waals surface area contributed by atoms with Gasteiger partial charge in [0.25, 0.3) is 0 Å². The number of nitrogens with one attached hydrogen (secondary N) is 1. The molecule has 3 rings (SSSR count). The van der Waals surface area contributed by atoms with Crippen LogP contribution in [0.3, 0.4) is 0 Å². The Bertz CT molecular complexity index is 541. The van der Waals surface area contributed by atoms with Gasteiger partial charge in [-0.1, -0.05) is 41.9 Å². The minimum absolute atomic E-state index is 0.357. The van der Waals surface area contributed by atoms with Gasteiger partial charge >= 0.3 is 0 Å². The maximum atomic E-state index is 6.16. The van der Waals surface area contributed by atoms with Gasteiger partial charge in [0.15, 0.2) is 0 Å². The summed E-state index contributed by atoms with van der Waals surface area (Å²) >= 11 is 8.06. The second-order valence-corrected chi connectivity index (χ2v) is 5.49. The maximum Gasteiger partial charge on any atom is 0.0637 e. The van der Waals surface area contributed by atoms with E-state index in [1.54, 1.807) is 0 Å². The zero-order valence-electron chi connectivity index (χ0n) is 9.19. The number of hydrogen-bond donors (Lipinski definition) is 1. The number of para-hydroxylation sites is 1. The van der Waals surface area contributed by atoms with Crippen LogP contribution in [-0.4, -0.2) is 5.75 Å². The Balaban J connectivity index is 1.87. The Kier molecular flexibility index (Phi) is 3.00. The fourth-order valence-electron chi connectivity index (χ4n) is 2.05.